The summed E-state index contributed by atoms with van der Waals surface area (Å²) in [6, 6.07) is 1.83. The summed E-state index contributed by atoms with van der Waals surface area (Å²) in [5.41, 5.74) is 0.322. The number of carbonyl (C=O) groups excluding carboxylic acids is 1. The molecule has 1 fully saturated rings. The third kappa shape index (κ3) is 4.10. The molecule has 3 rings (SSSR count). The molecular formula is C19H27N5O3. The summed E-state index contributed by atoms with van der Waals surface area (Å²) in [6.07, 6.45) is 2.74. The van der Waals surface area contributed by atoms with Crippen molar-refractivity contribution in [2.45, 2.75) is 58.5 Å². The summed E-state index contributed by atoms with van der Waals surface area (Å²) >= 11 is 0. The number of H-pyrrole nitrogens is 1. The molecule has 1 amide bonds. The van der Waals surface area contributed by atoms with Gasteiger partial charge in [-0.1, -0.05) is 13.8 Å². The van der Waals surface area contributed by atoms with E-state index in [0.717, 1.165) is 31.5 Å². The van der Waals surface area contributed by atoms with Crippen LogP contribution >= 0.6 is 0 Å². The molecule has 0 bridgehead atoms. The highest BCUT2D eigenvalue weighted by Crippen LogP contribution is 2.39. The van der Waals surface area contributed by atoms with Crippen molar-refractivity contribution in [3.8, 4) is 0 Å². The van der Waals surface area contributed by atoms with Gasteiger partial charge in [0.25, 0.3) is 11.5 Å². The fourth-order valence-electron chi connectivity index (χ4n) is 3.25. The van der Waals surface area contributed by atoms with E-state index in [0.29, 0.717) is 24.7 Å². The molecule has 27 heavy (non-hydrogen) atoms. The van der Waals surface area contributed by atoms with Gasteiger partial charge in [0.1, 0.15) is 0 Å². The van der Waals surface area contributed by atoms with Gasteiger partial charge in [0.15, 0.2) is 5.65 Å². The molecule has 0 aliphatic heterocycles. The molecule has 0 spiro atoms. The summed E-state index contributed by atoms with van der Waals surface area (Å²) < 4.78 is 1.46. The number of fused-ring (bicyclic) bond motifs is 1. The van der Waals surface area contributed by atoms with Crippen LogP contribution in [0.4, 0.5) is 0 Å². The van der Waals surface area contributed by atoms with Crippen molar-refractivity contribution in [1.29, 1.82) is 0 Å². The van der Waals surface area contributed by atoms with Crippen LogP contribution in [0.3, 0.4) is 0 Å². The molecule has 8 nitrogen and oxygen atoms in total. The number of nitrogens with zero attached hydrogens (tertiary/aromatic N) is 2. The highest BCUT2D eigenvalue weighted by atomic mass is 16.2. The first-order valence-electron chi connectivity index (χ1n) is 9.65. The summed E-state index contributed by atoms with van der Waals surface area (Å²) in [7, 11) is 0. The Labute approximate surface area is 157 Å². The average Bonchev–Trinajstić information content (AvgIpc) is 3.47. The molecule has 0 saturated heterocycles. The van der Waals surface area contributed by atoms with Gasteiger partial charge in [-0.25, -0.2) is 9.78 Å². The maximum absolute atomic E-state index is 12.9. The van der Waals surface area contributed by atoms with E-state index in [1.165, 1.54) is 4.57 Å². The number of carbonyl (C=O) groups is 1. The molecule has 2 aromatic heterocycles. The van der Waals surface area contributed by atoms with Crippen molar-refractivity contribution in [1.82, 2.24) is 25.2 Å². The van der Waals surface area contributed by atoms with Gasteiger partial charge >= 0.3 is 5.69 Å². The predicted molar refractivity (Wildman–Crippen MR) is 104 cm³/mol. The summed E-state index contributed by atoms with van der Waals surface area (Å²) in [5.74, 6) is -0.0210. The Hall–Kier alpha value is -2.48. The molecule has 2 heterocycles. The van der Waals surface area contributed by atoms with Crippen LogP contribution in [0.1, 0.15) is 62.0 Å². The Morgan fingerprint density at radius 2 is 2.11 bits per heavy atom. The van der Waals surface area contributed by atoms with Gasteiger partial charge in [-0.2, -0.15) is 0 Å². The smallest absolute Gasteiger partial charge is 0.329 e. The Morgan fingerprint density at radius 3 is 2.74 bits per heavy atom. The highest BCUT2D eigenvalue weighted by molar-refractivity contribution is 6.05. The van der Waals surface area contributed by atoms with Crippen LogP contribution in [-0.4, -0.2) is 39.6 Å². The molecule has 0 unspecified atom stereocenters. The fraction of sp³-hybridized carbons (Fsp3) is 0.579. The predicted octanol–water partition coefficient (Wildman–Crippen LogP) is 1.10. The van der Waals surface area contributed by atoms with E-state index in [1.807, 2.05) is 20.8 Å². The third-order valence-corrected chi connectivity index (χ3v) is 4.78. The number of pyridine rings is 1. The van der Waals surface area contributed by atoms with E-state index in [4.69, 9.17) is 0 Å². The number of hydrogen-bond acceptors (Lipinski definition) is 5. The van der Waals surface area contributed by atoms with Crippen LogP contribution in [0.5, 0.6) is 0 Å². The Bertz CT molecular complexity index is 958. The summed E-state index contributed by atoms with van der Waals surface area (Å²) in [4.78, 5) is 44.6. The summed E-state index contributed by atoms with van der Waals surface area (Å²) in [5, 5.41) is 6.30. The van der Waals surface area contributed by atoms with E-state index in [-0.39, 0.29) is 22.9 Å². The second kappa shape index (κ2) is 8.04. The molecule has 8 heteroatoms. The zero-order valence-electron chi connectivity index (χ0n) is 16.1. The normalized spacial score (nSPS) is 15.1. The molecule has 146 valence electrons. The van der Waals surface area contributed by atoms with Crippen molar-refractivity contribution in [3.63, 3.8) is 0 Å². The molecule has 2 aromatic rings. The number of amides is 1. The van der Waals surface area contributed by atoms with E-state index >= 15 is 0 Å². The van der Waals surface area contributed by atoms with Gasteiger partial charge < -0.3 is 10.6 Å². The van der Waals surface area contributed by atoms with Crippen molar-refractivity contribution < 1.29 is 4.79 Å². The van der Waals surface area contributed by atoms with E-state index in [9.17, 15) is 14.4 Å². The van der Waals surface area contributed by atoms with Crippen molar-refractivity contribution in [2.24, 2.45) is 0 Å². The van der Waals surface area contributed by atoms with Crippen LogP contribution in [-0.2, 0) is 6.54 Å². The fourth-order valence-corrected chi connectivity index (χ4v) is 3.25. The van der Waals surface area contributed by atoms with E-state index in [1.54, 1.807) is 6.07 Å². The lowest BCUT2D eigenvalue weighted by Gasteiger charge is -2.15. The lowest BCUT2D eigenvalue weighted by Crippen LogP contribution is -2.39. The first-order chi connectivity index (χ1) is 13.0. The van der Waals surface area contributed by atoms with Gasteiger partial charge in [-0.05, 0) is 38.8 Å². The maximum atomic E-state index is 12.9. The van der Waals surface area contributed by atoms with Crippen LogP contribution in [0.25, 0.3) is 11.0 Å². The molecule has 0 aromatic carbocycles. The second-order valence-corrected chi connectivity index (χ2v) is 7.15. The quantitative estimate of drug-likeness (QED) is 0.642. The number of rotatable bonds is 8. The first-order valence-corrected chi connectivity index (χ1v) is 9.65. The van der Waals surface area contributed by atoms with Gasteiger partial charge in [-0.3, -0.25) is 19.1 Å². The van der Waals surface area contributed by atoms with Gasteiger partial charge in [0, 0.05) is 30.7 Å². The zero-order valence-corrected chi connectivity index (χ0v) is 16.1. The largest absolute Gasteiger partial charge is 0.350 e. The van der Waals surface area contributed by atoms with Crippen molar-refractivity contribution in [3.05, 3.63) is 38.2 Å². The van der Waals surface area contributed by atoms with Crippen LogP contribution in [0, 0.1) is 0 Å². The number of nitrogens with one attached hydrogen (secondary N) is 3. The minimum Gasteiger partial charge on any atom is -0.350 e. The molecule has 3 N–H and O–H groups in total. The average molecular weight is 373 g/mol. The van der Waals surface area contributed by atoms with E-state index in [2.05, 4.69) is 20.6 Å². The number of aromatic nitrogens is 3. The molecule has 0 radical (unpaired) electrons. The molecule has 1 saturated carbocycles. The second-order valence-electron chi connectivity index (χ2n) is 7.15. The minimum atomic E-state index is -0.568. The molecule has 1 aliphatic carbocycles. The number of aromatic amines is 1. The van der Waals surface area contributed by atoms with Gasteiger partial charge in [0.2, 0.25) is 0 Å². The standard InChI is InChI=1S/C19H27N5O3/c1-4-8-24-16-15(18(26)23-19(24)27)13(9-14(22-16)12-6-7-12)17(25)21-10-11(3)20-5-2/h9,11-12,20H,4-8,10H2,1-3H3,(H,21,25)(H,23,26,27)/t11-/m1/s1. The Morgan fingerprint density at radius 1 is 1.37 bits per heavy atom. The molecule has 1 aliphatic rings. The lowest BCUT2D eigenvalue weighted by atomic mass is 10.1. The van der Waals surface area contributed by atoms with Crippen LogP contribution in [0.2, 0.25) is 0 Å². The SMILES string of the molecule is CCCn1c(=O)[nH]c(=O)c2c(C(=O)NC[C@@H](C)NCC)cc(C3CC3)nc21. The first kappa shape index (κ1) is 19.3. The van der Waals surface area contributed by atoms with Crippen LogP contribution < -0.4 is 21.9 Å². The Kier molecular flexibility index (Phi) is 5.74. The number of aryl methyl sites for hydroxylation is 1. The topological polar surface area (TPSA) is 109 Å². The monoisotopic (exact) mass is 373 g/mol. The number of likely N-dealkylation sites (N-methyl/N-ethyl adjacent to an activating group) is 1. The maximum Gasteiger partial charge on any atom is 0.329 e. The molecular weight excluding hydrogens is 346 g/mol. The van der Waals surface area contributed by atoms with Gasteiger partial charge in [-0.15, -0.1) is 0 Å². The zero-order chi connectivity index (χ0) is 19.6. The van der Waals surface area contributed by atoms with Gasteiger partial charge in [0.05, 0.1) is 10.9 Å². The minimum absolute atomic E-state index is 0.117. The third-order valence-electron chi connectivity index (χ3n) is 4.78. The van der Waals surface area contributed by atoms with E-state index < -0.39 is 11.2 Å². The van der Waals surface area contributed by atoms with Crippen molar-refractivity contribution >= 4 is 16.9 Å². The number of hydrogen-bond donors (Lipinski definition) is 3. The highest BCUT2D eigenvalue weighted by Gasteiger charge is 2.28. The van der Waals surface area contributed by atoms with Crippen LogP contribution in [0.15, 0.2) is 15.7 Å². The van der Waals surface area contributed by atoms with Crippen molar-refractivity contribution in [2.75, 3.05) is 13.1 Å². The lowest BCUT2D eigenvalue weighted by molar-refractivity contribution is 0.0951. The Balaban J connectivity index is 2.10. The molecule has 1 atom stereocenters. The summed E-state index contributed by atoms with van der Waals surface area (Å²) in [6.45, 7) is 7.63.